The van der Waals surface area contributed by atoms with Gasteiger partial charge in [-0.3, -0.25) is 4.79 Å². The molecule has 4 rings (SSSR count). The summed E-state index contributed by atoms with van der Waals surface area (Å²) in [6.45, 7) is 5.12. The van der Waals surface area contributed by atoms with E-state index in [9.17, 15) is 9.90 Å². The van der Waals surface area contributed by atoms with Crippen LogP contribution in [0.15, 0.2) is 60.9 Å². The molecule has 0 radical (unpaired) electrons. The van der Waals surface area contributed by atoms with Gasteiger partial charge in [0.15, 0.2) is 0 Å². The second-order valence-electron chi connectivity index (χ2n) is 8.81. The number of ether oxygens (including phenoxy) is 1. The maximum atomic E-state index is 12.0. The molecule has 34 heavy (non-hydrogen) atoms. The first-order valence-corrected chi connectivity index (χ1v) is 11.4. The Kier molecular flexibility index (Phi) is 7.34. The van der Waals surface area contributed by atoms with Gasteiger partial charge in [-0.15, -0.1) is 0 Å². The summed E-state index contributed by atoms with van der Waals surface area (Å²) in [5.41, 5.74) is 0.983. The Labute approximate surface area is 199 Å². The van der Waals surface area contributed by atoms with Crippen molar-refractivity contribution in [1.82, 2.24) is 15.0 Å². The third kappa shape index (κ3) is 6.49. The Bertz CT molecular complexity index is 1100. The van der Waals surface area contributed by atoms with Crippen LogP contribution in [0.1, 0.15) is 32.3 Å². The van der Waals surface area contributed by atoms with Crippen LogP contribution >= 0.6 is 0 Å². The lowest BCUT2D eigenvalue weighted by Gasteiger charge is -2.31. The number of carbonyl (C=O) groups is 1. The van der Waals surface area contributed by atoms with E-state index >= 15 is 0 Å². The Balaban J connectivity index is 1.32. The Morgan fingerprint density at radius 3 is 2.56 bits per heavy atom. The molecule has 0 saturated carbocycles. The van der Waals surface area contributed by atoms with Crippen LogP contribution in [0.5, 0.6) is 0 Å². The van der Waals surface area contributed by atoms with E-state index in [1.807, 2.05) is 24.3 Å². The van der Waals surface area contributed by atoms with E-state index in [0.29, 0.717) is 29.9 Å². The van der Waals surface area contributed by atoms with Gasteiger partial charge >= 0.3 is 0 Å². The van der Waals surface area contributed by atoms with Gasteiger partial charge < -0.3 is 25.4 Å². The number of aromatic nitrogens is 3. The minimum Gasteiger partial charge on any atom is -0.381 e. The molecule has 0 unspecified atom stereocenters. The van der Waals surface area contributed by atoms with Crippen LogP contribution in [0.2, 0.25) is 0 Å². The quantitative estimate of drug-likeness (QED) is 0.466. The number of nitrogens with zero attached hydrogens (tertiary/aromatic N) is 4. The van der Waals surface area contributed by atoms with Gasteiger partial charge in [-0.2, -0.15) is 4.98 Å². The van der Waals surface area contributed by atoms with Gasteiger partial charge in [-0.1, -0.05) is 36.4 Å². The summed E-state index contributed by atoms with van der Waals surface area (Å²) in [5, 5.41) is 15.7. The molecular formula is C25H30N6O3. The Morgan fingerprint density at radius 1 is 1.09 bits per heavy atom. The van der Waals surface area contributed by atoms with Crippen LogP contribution in [-0.2, 0) is 16.1 Å². The molecule has 9 heteroatoms. The van der Waals surface area contributed by atoms with Crippen molar-refractivity contribution in [3.05, 3.63) is 66.5 Å². The van der Waals surface area contributed by atoms with E-state index in [4.69, 9.17) is 4.74 Å². The van der Waals surface area contributed by atoms with Gasteiger partial charge in [0.05, 0.1) is 12.7 Å². The van der Waals surface area contributed by atoms with Crippen LogP contribution < -0.4 is 15.5 Å². The molecule has 178 valence electrons. The van der Waals surface area contributed by atoms with Gasteiger partial charge in [-0.25, -0.2) is 9.97 Å². The van der Waals surface area contributed by atoms with Crippen LogP contribution in [0.4, 0.5) is 23.3 Å². The zero-order valence-corrected chi connectivity index (χ0v) is 19.4. The van der Waals surface area contributed by atoms with E-state index in [0.717, 1.165) is 25.9 Å². The van der Waals surface area contributed by atoms with E-state index in [1.54, 1.807) is 18.2 Å². The fraction of sp³-hybridized carbons (Fsp3) is 0.360. The molecule has 2 aromatic carbocycles. The normalized spacial score (nSPS) is 14.6. The molecule has 0 bridgehead atoms. The van der Waals surface area contributed by atoms with Crippen molar-refractivity contribution in [2.24, 2.45) is 0 Å². The molecule has 1 saturated heterocycles. The molecule has 1 aromatic heterocycles. The summed E-state index contributed by atoms with van der Waals surface area (Å²) in [7, 11) is 0. The van der Waals surface area contributed by atoms with E-state index in [-0.39, 0.29) is 6.10 Å². The lowest BCUT2D eigenvalue weighted by Crippen LogP contribution is -2.38. The first kappa shape index (κ1) is 23.6. The zero-order chi connectivity index (χ0) is 24.0. The first-order chi connectivity index (χ1) is 16.4. The summed E-state index contributed by atoms with van der Waals surface area (Å²) in [6.07, 6.45) is 3.52. The fourth-order valence-corrected chi connectivity index (χ4v) is 3.60. The second-order valence-corrected chi connectivity index (χ2v) is 8.81. The molecule has 1 fully saturated rings. The fourth-order valence-electron chi connectivity index (χ4n) is 3.60. The summed E-state index contributed by atoms with van der Waals surface area (Å²) in [4.78, 5) is 27.3. The number of nitrogens with one attached hydrogen (secondary N) is 2. The summed E-state index contributed by atoms with van der Waals surface area (Å²) < 4.78 is 6.08. The van der Waals surface area contributed by atoms with E-state index in [1.165, 1.54) is 25.7 Å². The monoisotopic (exact) mass is 462 g/mol. The molecule has 1 amide bonds. The highest BCUT2D eigenvalue weighted by Gasteiger charge is 2.24. The number of rotatable bonds is 8. The lowest BCUT2D eigenvalue weighted by molar-refractivity contribution is -0.130. The van der Waals surface area contributed by atoms with Gasteiger partial charge in [-0.05, 0) is 50.5 Å². The third-order valence-corrected chi connectivity index (χ3v) is 5.54. The average Bonchev–Trinajstić information content (AvgIpc) is 2.83. The third-order valence-electron chi connectivity index (χ3n) is 5.54. The van der Waals surface area contributed by atoms with Crippen molar-refractivity contribution < 1.29 is 14.6 Å². The highest BCUT2D eigenvalue weighted by Crippen LogP contribution is 2.22. The van der Waals surface area contributed by atoms with Crippen molar-refractivity contribution >= 4 is 29.2 Å². The van der Waals surface area contributed by atoms with Crippen molar-refractivity contribution in [1.29, 1.82) is 0 Å². The minimum atomic E-state index is -1.47. The summed E-state index contributed by atoms with van der Waals surface area (Å²) in [6, 6.07) is 17.3. The van der Waals surface area contributed by atoms with Crippen molar-refractivity contribution in [3.63, 3.8) is 0 Å². The predicted octanol–water partition coefficient (Wildman–Crippen LogP) is 3.51. The van der Waals surface area contributed by atoms with Crippen LogP contribution in [0, 0.1) is 0 Å². The molecule has 1 aliphatic rings. The van der Waals surface area contributed by atoms with Crippen LogP contribution in [-0.4, -0.2) is 50.8 Å². The molecule has 3 N–H and O–H groups in total. The molecular weight excluding hydrogens is 432 g/mol. The van der Waals surface area contributed by atoms with Gasteiger partial charge in [0, 0.05) is 24.5 Å². The van der Waals surface area contributed by atoms with Crippen LogP contribution in [0.3, 0.4) is 0 Å². The number of carbonyl (C=O) groups excluding carboxylic acids is 1. The molecule has 2 heterocycles. The Morgan fingerprint density at radius 2 is 1.82 bits per heavy atom. The van der Waals surface area contributed by atoms with Gasteiger partial charge in [0.1, 0.15) is 11.9 Å². The SMILES string of the molecule is CC(C)(O)C(=O)Nc1cccc(Nc2ncnc(N3CCC(OCc4ccccc4)CC3)n2)c1. The van der Waals surface area contributed by atoms with Gasteiger partial charge in [0.25, 0.3) is 5.91 Å². The van der Waals surface area contributed by atoms with Crippen molar-refractivity contribution in [3.8, 4) is 0 Å². The number of aliphatic hydroxyl groups is 1. The predicted molar refractivity (Wildman–Crippen MR) is 131 cm³/mol. The maximum Gasteiger partial charge on any atom is 0.255 e. The topological polar surface area (TPSA) is 112 Å². The van der Waals surface area contributed by atoms with Crippen molar-refractivity contribution in [2.45, 2.75) is 45.0 Å². The standard InChI is InChI=1S/C25H30N6O3/c1-25(2,33)22(32)28-19-9-6-10-20(15-19)29-23-26-17-27-24(30-23)31-13-11-21(12-14-31)34-16-18-7-4-3-5-8-18/h3-10,15,17,21,33H,11-14,16H2,1-2H3,(H,28,32)(H,26,27,29,30). The number of amides is 1. The van der Waals surface area contributed by atoms with Gasteiger partial charge in [0.2, 0.25) is 11.9 Å². The highest BCUT2D eigenvalue weighted by atomic mass is 16.5. The average molecular weight is 463 g/mol. The smallest absolute Gasteiger partial charge is 0.255 e. The number of anilines is 4. The first-order valence-electron chi connectivity index (χ1n) is 11.4. The highest BCUT2D eigenvalue weighted by molar-refractivity contribution is 5.96. The molecule has 9 nitrogen and oxygen atoms in total. The van der Waals surface area contributed by atoms with E-state index < -0.39 is 11.5 Å². The lowest BCUT2D eigenvalue weighted by atomic mass is 10.1. The van der Waals surface area contributed by atoms with Crippen LogP contribution in [0.25, 0.3) is 0 Å². The largest absolute Gasteiger partial charge is 0.381 e. The van der Waals surface area contributed by atoms with Crippen molar-refractivity contribution in [2.75, 3.05) is 28.6 Å². The Hall–Kier alpha value is -3.56. The summed E-state index contributed by atoms with van der Waals surface area (Å²) in [5.74, 6) is 0.548. The number of benzene rings is 2. The number of hydrogen-bond acceptors (Lipinski definition) is 8. The molecule has 0 atom stereocenters. The number of piperidine rings is 1. The molecule has 0 aliphatic carbocycles. The van der Waals surface area contributed by atoms with E-state index in [2.05, 4.69) is 42.6 Å². The summed E-state index contributed by atoms with van der Waals surface area (Å²) >= 11 is 0. The second kappa shape index (κ2) is 10.6. The zero-order valence-electron chi connectivity index (χ0n) is 19.4. The molecule has 1 aliphatic heterocycles. The minimum absolute atomic E-state index is 0.220. The maximum absolute atomic E-state index is 12.0. The number of hydrogen-bond donors (Lipinski definition) is 3. The molecule has 3 aromatic rings. The molecule has 0 spiro atoms.